The number of hydrogen-bond acceptors (Lipinski definition) is 5. The van der Waals surface area contributed by atoms with Crippen molar-refractivity contribution in [1.29, 1.82) is 0 Å². The number of benzene rings is 1. The molecule has 0 aliphatic heterocycles. The molecule has 142 valence electrons. The third-order valence-corrected chi connectivity index (χ3v) is 5.10. The lowest BCUT2D eigenvalue weighted by atomic mass is 9.93. The minimum absolute atomic E-state index is 0.0521. The zero-order valence-electron chi connectivity index (χ0n) is 14.9. The van der Waals surface area contributed by atoms with Gasteiger partial charge in [0.15, 0.2) is 11.2 Å². The second kappa shape index (κ2) is 7.76. The number of thiophene rings is 1. The first-order valence-corrected chi connectivity index (χ1v) is 9.65. The van der Waals surface area contributed by atoms with Crippen LogP contribution in [0.25, 0.3) is 0 Å². The lowest BCUT2D eigenvalue weighted by Crippen LogP contribution is -2.51. The summed E-state index contributed by atoms with van der Waals surface area (Å²) in [6.07, 6.45) is 1.49. The van der Waals surface area contributed by atoms with Gasteiger partial charge in [-0.05, 0) is 67.1 Å². The number of rotatable bonds is 7. The maximum absolute atomic E-state index is 12.7. The number of furan rings is 1. The van der Waals surface area contributed by atoms with E-state index in [2.05, 4.69) is 5.32 Å². The summed E-state index contributed by atoms with van der Waals surface area (Å²) < 4.78 is 11.2. The summed E-state index contributed by atoms with van der Waals surface area (Å²) in [5.41, 5.74) is -1.96. The number of nitrogens with one attached hydrogen (secondary N) is 1. The van der Waals surface area contributed by atoms with Crippen LogP contribution in [-0.4, -0.2) is 23.2 Å². The number of aliphatic hydroxyl groups is 1. The minimum Gasteiger partial charge on any atom is -0.478 e. The molecule has 27 heavy (non-hydrogen) atoms. The van der Waals surface area contributed by atoms with Crippen molar-refractivity contribution in [2.24, 2.45) is 0 Å². The highest BCUT2D eigenvalue weighted by Crippen LogP contribution is 2.31. The van der Waals surface area contributed by atoms with Gasteiger partial charge in [0.2, 0.25) is 0 Å². The van der Waals surface area contributed by atoms with Gasteiger partial charge in [-0.15, -0.1) is 0 Å². The highest BCUT2D eigenvalue weighted by Gasteiger charge is 2.38. The molecule has 1 atom stereocenters. The topological polar surface area (TPSA) is 71.7 Å². The molecule has 0 aliphatic carbocycles. The molecule has 0 fully saturated rings. The van der Waals surface area contributed by atoms with Gasteiger partial charge < -0.3 is 19.6 Å². The molecule has 0 bridgehead atoms. The van der Waals surface area contributed by atoms with E-state index in [0.717, 1.165) is 0 Å². The Kier molecular flexibility index (Phi) is 5.60. The van der Waals surface area contributed by atoms with Gasteiger partial charge >= 0.3 is 0 Å². The average Bonchev–Trinajstić information content (AvgIpc) is 3.35. The monoisotopic (exact) mass is 405 g/mol. The SMILES string of the molecule is CC(C)(Oc1ccc(Cl)cc1)C(=O)NC[C@@](O)(c1ccsc1)c1ccco1. The molecular formula is C20H20ClNO4S. The van der Waals surface area contributed by atoms with Gasteiger partial charge in [0.1, 0.15) is 11.5 Å². The molecule has 1 amide bonds. The van der Waals surface area contributed by atoms with E-state index in [-0.39, 0.29) is 12.5 Å². The van der Waals surface area contributed by atoms with E-state index in [9.17, 15) is 9.90 Å². The summed E-state index contributed by atoms with van der Waals surface area (Å²) in [5.74, 6) is 0.522. The van der Waals surface area contributed by atoms with Crippen LogP contribution in [0.4, 0.5) is 0 Å². The Bertz CT molecular complexity index is 839. The van der Waals surface area contributed by atoms with E-state index >= 15 is 0 Å². The van der Waals surface area contributed by atoms with Crippen molar-refractivity contribution in [3.63, 3.8) is 0 Å². The summed E-state index contributed by atoms with van der Waals surface area (Å²) in [4.78, 5) is 12.7. The molecule has 2 N–H and O–H groups in total. The number of carbonyl (C=O) groups is 1. The number of hydrogen-bond donors (Lipinski definition) is 2. The van der Waals surface area contributed by atoms with Crippen molar-refractivity contribution >= 4 is 28.8 Å². The highest BCUT2D eigenvalue weighted by molar-refractivity contribution is 7.08. The minimum atomic E-state index is -1.46. The van der Waals surface area contributed by atoms with E-state index in [1.807, 2.05) is 10.8 Å². The predicted octanol–water partition coefficient (Wildman–Crippen LogP) is 4.20. The fraction of sp³-hybridized carbons (Fsp3) is 0.250. The van der Waals surface area contributed by atoms with Crippen LogP contribution in [0.2, 0.25) is 5.02 Å². The van der Waals surface area contributed by atoms with E-state index in [1.165, 1.54) is 17.6 Å². The van der Waals surface area contributed by atoms with Crippen molar-refractivity contribution in [1.82, 2.24) is 5.32 Å². The maximum Gasteiger partial charge on any atom is 0.263 e. The Morgan fingerprint density at radius 3 is 2.59 bits per heavy atom. The molecule has 0 unspecified atom stereocenters. The molecule has 0 saturated carbocycles. The van der Waals surface area contributed by atoms with Crippen molar-refractivity contribution in [2.75, 3.05) is 6.54 Å². The Hall–Kier alpha value is -2.28. The van der Waals surface area contributed by atoms with E-state index < -0.39 is 11.2 Å². The summed E-state index contributed by atoms with van der Waals surface area (Å²) in [5, 5.41) is 18.3. The summed E-state index contributed by atoms with van der Waals surface area (Å²) in [6.45, 7) is 3.27. The largest absolute Gasteiger partial charge is 0.478 e. The van der Waals surface area contributed by atoms with Crippen LogP contribution in [-0.2, 0) is 10.4 Å². The van der Waals surface area contributed by atoms with Crippen LogP contribution >= 0.6 is 22.9 Å². The van der Waals surface area contributed by atoms with Crippen LogP contribution in [0.1, 0.15) is 25.2 Å². The second-order valence-corrected chi connectivity index (χ2v) is 7.82. The first-order valence-electron chi connectivity index (χ1n) is 8.33. The zero-order chi connectivity index (χ0) is 19.5. The first-order chi connectivity index (χ1) is 12.8. The molecule has 3 rings (SSSR count). The van der Waals surface area contributed by atoms with Crippen LogP contribution in [0, 0.1) is 0 Å². The Morgan fingerprint density at radius 1 is 1.26 bits per heavy atom. The predicted molar refractivity (Wildman–Crippen MR) is 105 cm³/mol. The second-order valence-electron chi connectivity index (χ2n) is 6.60. The number of carbonyl (C=O) groups excluding carboxylic acids is 1. The van der Waals surface area contributed by atoms with Crippen molar-refractivity contribution in [3.05, 3.63) is 75.8 Å². The molecule has 5 nitrogen and oxygen atoms in total. The third-order valence-electron chi connectivity index (χ3n) is 4.17. The number of amides is 1. The van der Waals surface area contributed by atoms with E-state index in [4.69, 9.17) is 20.8 Å². The first kappa shape index (κ1) is 19.5. The van der Waals surface area contributed by atoms with Gasteiger partial charge in [-0.1, -0.05) is 11.6 Å². The lowest BCUT2D eigenvalue weighted by molar-refractivity contribution is -0.135. The molecule has 7 heteroatoms. The fourth-order valence-electron chi connectivity index (χ4n) is 2.61. The van der Waals surface area contributed by atoms with E-state index in [1.54, 1.807) is 56.3 Å². The van der Waals surface area contributed by atoms with Crippen LogP contribution in [0.5, 0.6) is 5.75 Å². The third kappa shape index (κ3) is 4.35. The van der Waals surface area contributed by atoms with Crippen molar-refractivity contribution < 1.29 is 19.1 Å². The van der Waals surface area contributed by atoms with Gasteiger partial charge in [-0.25, -0.2) is 0 Å². The van der Waals surface area contributed by atoms with Crippen molar-refractivity contribution in [3.8, 4) is 5.75 Å². The summed E-state index contributed by atoms with van der Waals surface area (Å²) >= 11 is 7.33. The fourth-order valence-corrected chi connectivity index (χ4v) is 3.46. The molecule has 0 aliphatic rings. The molecule has 3 aromatic rings. The van der Waals surface area contributed by atoms with Gasteiger partial charge in [-0.3, -0.25) is 4.79 Å². The highest BCUT2D eigenvalue weighted by atomic mass is 35.5. The smallest absolute Gasteiger partial charge is 0.263 e. The molecular weight excluding hydrogens is 386 g/mol. The van der Waals surface area contributed by atoms with Crippen LogP contribution < -0.4 is 10.1 Å². The van der Waals surface area contributed by atoms with Crippen LogP contribution in [0.15, 0.2) is 63.9 Å². The quantitative estimate of drug-likeness (QED) is 0.617. The van der Waals surface area contributed by atoms with Crippen molar-refractivity contribution in [2.45, 2.75) is 25.0 Å². The molecule has 2 aromatic heterocycles. The Balaban J connectivity index is 1.73. The average molecular weight is 406 g/mol. The van der Waals surface area contributed by atoms with Gasteiger partial charge in [0.05, 0.1) is 12.8 Å². The number of ether oxygens (including phenoxy) is 1. The molecule has 1 aromatic carbocycles. The van der Waals surface area contributed by atoms with Gasteiger partial charge in [0, 0.05) is 10.6 Å². The Morgan fingerprint density at radius 2 is 2.00 bits per heavy atom. The molecule has 0 radical (unpaired) electrons. The summed E-state index contributed by atoms with van der Waals surface area (Å²) in [7, 11) is 0. The Labute approximate surface area is 166 Å². The maximum atomic E-state index is 12.7. The van der Waals surface area contributed by atoms with Gasteiger partial charge in [-0.2, -0.15) is 11.3 Å². The molecule has 2 heterocycles. The van der Waals surface area contributed by atoms with E-state index in [0.29, 0.717) is 22.1 Å². The van der Waals surface area contributed by atoms with Crippen LogP contribution in [0.3, 0.4) is 0 Å². The number of halogens is 1. The standard InChI is InChI=1S/C20H20ClNO4S/c1-19(2,26-16-7-5-15(21)6-8-16)18(23)22-13-20(24,14-9-11-27-12-14)17-4-3-10-25-17/h3-12,24H,13H2,1-2H3,(H,22,23)/t20-/m1/s1. The zero-order valence-corrected chi connectivity index (χ0v) is 16.5. The van der Waals surface area contributed by atoms with Gasteiger partial charge in [0.25, 0.3) is 5.91 Å². The molecule has 0 spiro atoms. The molecule has 0 saturated heterocycles. The summed E-state index contributed by atoms with van der Waals surface area (Å²) in [6, 6.07) is 12.0. The normalized spacial score (nSPS) is 13.8. The lowest BCUT2D eigenvalue weighted by Gasteiger charge is -2.29.